The predicted octanol–water partition coefficient (Wildman–Crippen LogP) is 4.91. The van der Waals surface area contributed by atoms with E-state index < -0.39 is 0 Å². The zero-order valence-corrected chi connectivity index (χ0v) is 15.7. The van der Waals surface area contributed by atoms with Gasteiger partial charge in [0.25, 0.3) is 0 Å². The summed E-state index contributed by atoms with van der Waals surface area (Å²) in [6.07, 6.45) is 0. The SMILES string of the molecule is N#Cc1c(Nc2ccccc2)cc(N)n(-c2ccccc2)/c1=N/c1ccccc1. The topological polar surface area (TPSA) is 79.1 Å². The van der Waals surface area contributed by atoms with Gasteiger partial charge in [-0.15, -0.1) is 0 Å². The number of anilines is 3. The number of hydrogen-bond acceptors (Lipinski definition) is 4. The van der Waals surface area contributed by atoms with Gasteiger partial charge >= 0.3 is 0 Å². The van der Waals surface area contributed by atoms with Crippen LogP contribution in [-0.4, -0.2) is 4.57 Å². The van der Waals surface area contributed by atoms with Crippen LogP contribution in [0.2, 0.25) is 0 Å². The van der Waals surface area contributed by atoms with Crippen LogP contribution >= 0.6 is 0 Å². The molecule has 4 aromatic rings. The van der Waals surface area contributed by atoms with Crippen molar-refractivity contribution in [1.82, 2.24) is 4.57 Å². The van der Waals surface area contributed by atoms with Crippen molar-refractivity contribution in [2.24, 2.45) is 4.99 Å². The molecular weight excluding hydrogens is 358 g/mol. The van der Waals surface area contributed by atoms with Gasteiger partial charge in [-0.3, -0.25) is 4.57 Å². The molecule has 5 nitrogen and oxygen atoms in total. The van der Waals surface area contributed by atoms with Gasteiger partial charge in [-0.2, -0.15) is 5.26 Å². The minimum Gasteiger partial charge on any atom is -0.385 e. The fourth-order valence-corrected chi connectivity index (χ4v) is 3.10. The molecule has 0 atom stereocenters. The Labute approximate surface area is 169 Å². The first kappa shape index (κ1) is 18.1. The van der Waals surface area contributed by atoms with Gasteiger partial charge in [0.2, 0.25) is 0 Å². The van der Waals surface area contributed by atoms with Crippen LogP contribution in [0.1, 0.15) is 5.56 Å². The van der Waals surface area contributed by atoms with Crippen molar-refractivity contribution < 1.29 is 0 Å². The fraction of sp³-hybridized carbons (Fsp3) is 0. The molecule has 3 aromatic carbocycles. The lowest BCUT2D eigenvalue weighted by atomic mass is 10.2. The maximum atomic E-state index is 10.0. The second-order valence-electron chi connectivity index (χ2n) is 6.40. The van der Waals surface area contributed by atoms with Gasteiger partial charge in [0.05, 0.1) is 11.4 Å². The number of nitrogens with zero attached hydrogens (tertiary/aromatic N) is 3. The Morgan fingerprint density at radius 1 is 0.828 bits per heavy atom. The third-order valence-corrected chi connectivity index (χ3v) is 4.43. The van der Waals surface area contributed by atoms with Crippen molar-refractivity contribution >= 4 is 22.9 Å². The summed E-state index contributed by atoms with van der Waals surface area (Å²) in [5.74, 6) is 0.475. The highest BCUT2D eigenvalue weighted by atomic mass is 15.1. The van der Waals surface area contributed by atoms with E-state index in [-0.39, 0.29) is 0 Å². The highest BCUT2D eigenvalue weighted by Crippen LogP contribution is 2.23. The average molecular weight is 377 g/mol. The zero-order valence-electron chi connectivity index (χ0n) is 15.7. The van der Waals surface area contributed by atoms with E-state index in [2.05, 4.69) is 11.4 Å². The first-order valence-electron chi connectivity index (χ1n) is 9.19. The minimum absolute atomic E-state index is 0.413. The largest absolute Gasteiger partial charge is 0.385 e. The van der Waals surface area contributed by atoms with Crippen molar-refractivity contribution in [3.8, 4) is 11.8 Å². The lowest BCUT2D eigenvalue weighted by Gasteiger charge is -2.16. The molecule has 4 rings (SSSR count). The molecule has 0 unspecified atom stereocenters. The number of rotatable bonds is 4. The molecule has 3 N–H and O–H groups in total. The number of aromatic nitrogens is 1. The third-order valence-electron chi connectivity index (χ3n) is 4.43. The van der Waals surface area contributed by atoms with Crippen molar-refractivity contribution in [1.29, 1.82) is 5.26 Å². The van der Waals surface area contributed by atoms with E-state index in [1.54, 1.807) is 10.6 Å². The van der Waals surface area contributed by atoms with Gasteiger partial charge in [-0.25, -0.2) is 4.99 Å². The molecule has 0 bridgehead atoms. The smallest absolute Gasteiger partial charge is 0.159 e. The van der Waals surface area contributed by atoms with Crippen molar-refractivity contribution in [2.45, 2.75) is 0 Å². The quantitative estimate of drug-likeness (QED) is 0.530. The highest BCUT2D eigenvalue weighted by Gasteiger charge is 2.14. The molecule has 1 heterocycles. The average Bonchev–Trinajstić information content (AvgIpc) is 2.76. The summed E-state index contributed by atoms with van der Waals surface area (Å²) in [7, 11) is 0. The fourth-order valence-electron chi connectivity index (χ4n) is 3.10. The Hall–Kier alpha value is -4.30. The Balaban J connectivity index is 2.00. The van der Waals surface area contributed by atoms with E-state index in [1.165, 1.54) is 0 Å². The first-order chi connectivity index (χ1) is 14.3. The molecule has 0 amide bonds. The van der Waals surface area contributed by atoms with Gasteiger partial charge in [0.15, 0.2) is 5.49 Å². The maximum Gasteiger partial charge on any atom is 0.159 e. The number of nitrogens with one attached hydrogen (secondary N) is 1. The number of nitrogen functional groups attached to an aromatic ring is 1. The number of hydrogen-bond donors (Lipinski definition) is 2. The molecule has 0 saturated heterocycles. The lowest BCUT2D eigenvalue weighted by Crippen LogP contribution is -2.26. The number of nitriles is 1. The summed E-state index contributed by atoms with van der Waals surface area (Å²) in [6, 6.07) is 32.9. The van der Waals surface area contributed by atoms with Gasteiger partial charge < -0.3 is 11.1 Å². The molecule has 29 heavy (non-hydrogen) atoms. The summed E-state index contributed by atoms with van der Waals surface area (Å²) in [4.78, 5) is 4.77. The monoisotopic (exact) mass is 377 g/mol. The Morgan fingerprint density at radius 3 is 2.03 bits per heavy atom. The van der Waals surface area contributed by atoms with Gasteiger partial charge in [-0.05, 0) is 36.4 Å². The molecule has 0 aliphatic heterocycles. The molecule has 5 heteroatoms. The molecule has 0 spiro atoms. The van der Waals surface area contributed by atoms with E-state index in [1.807, 2.05) is 91.0 Å². The summed E-state index contributed by atoms with van der Waals surface area (Å²) >= 11 is 0. The van der Waals surface area contributed by atoms with Crippen LogP contribution in [0.3, 0.4) is 0 Å². The molecule has 0 fully saturated rings. The summed E-state index contributed by atoms with van der Waals surface area (Å²) < 4.78 is 1.79. The number of benzene rings is 3. The summed E-state index contributed by atoms with van der Waals surface area (Å²) in [5.41, 5.74) is 10.4. The van der Waals surface area contributed by atoms with Gasteiger partial charge in [-0.1, -0.05) is 54.6 Å². The standard InChI is InChI=1S/C24H19N5/c25-17-21-22(27-18-10-4-1-5-11-18)16-23(26)29(20-14-8-3-9-15-20)24(21)28-19-12-6-2-7-13-19/h1-16,27H,26H2/b28-24+. The molecule has 0 aliphatic rings. The lowest BCUT2D eigenvalue weighted by molar-refractivity contribution is 0.957. The third kappa shape index (κ3) is 3.87. The van der Waals surface area contributed by atoms with E-state index in [0.717, 1.165) is 17.1 Å². The number of nitrogens with two attached hydrogens (primary N) is 1. The second-order valence-corrected chi connectivity index (χ2v) is 6.40. The summed E-state index contributed by atoms with van der Waals surface area (Å²) in [6.45, 7) is 0. The Kier molecular flexibility index (Phi) is 5.08. The van der Waals surface area contributed by atoms with E-state index in [0.29, 0.717) is 22.6 Å². The van der Waals surface area contributed by atoms with E-state index in [9.17, 15) is 5.26 Å². The van der Waals surface area contributed by atoms with E-state index >= 15 is 0 Å². The predicted molar refractivity (Wildman–Crippen MR) is 116 cm³/mol. The molecule has 0 radical (unpaired) electrons. The van der Waals surface area contributed by atoms with Crippen LogP contribution in [0.5, 0.6) is 0 Å². The molecule has 0 saturated carbocycles. The number of pyridine rings is 1. The zero-order chi connectivity index (χ0) is 20.1. The van der Waals surface area contributed by atoms with Crippen LogP contribution in [0.4, 0.5) is 22.9 Å². The maximum absolute atomic E-state index is 10.0. The van der Waals surface area contributed by atoms with Gasteiger partial charge in [0, 0.05) is 17.4 Å². The van der Waals surface area contributed by atoms with Crippen molar-refractivity contribution in [2.75, 3.05) is 11.1 Å². The van der Waals surface area contributed by atoms with Crippen molar-refractivity contribution in [3.63, 3.8) is 0 Å². The Morgan fingerprint density at radius 2 is 1.41 bits per heavy atom. The van der Waals surface area contributed by atoms with Crippen LogP contribution in [0.25, 0.3) is 5.69 Å². The van der Waals surface area contributed by atoms with Crippen LogP contribution in [0.15, 0.2) is 102 Å². The second kappa shape index (κ2) is 8.15. The molecular formula is C24H19N5. The summed E-state index contributed by atoms with van der Waals surface area (Å²) in [5, 5.41) is 13.3. The van der Waals surface area contributed by atoms with E-state index in [4.69, 9.17) is 10.7 Å². The van der Waals surface area contributed by atoms with Crippen molar-refractivity contribution in [3.05, 3.63) is 108 Å². The minimum atomic E-state index is 0.413. The normalized spacial score (nSPS) is 11.1. The highest BCUT2D eigenvalue weighted by molar-refractivity contribution is 5.69. The molecule has 0 aliphatic carbocycles. The molecule has 140 valence electrons. The number of para-hydroxylation sites is 3. The van der Waals surface area contributed by atoms with Crippen LogP contribution < -0.4 is 16.5 Å². The first-order valence-corrected chi connectivity index (χ1v) is 9.19. The Bertz CT molecular complexity index is 1220. The van der Waals surface area contributed by atoms with Gasteiger partial charge in [0.1, 0.15) is 17.5 Å². The van der Waals surface area contributed by atoms with Crippen LogP contribution in [0, 0.1) is 11.3 Å². The van der Waals surface area contributed by atoms with Crippen LogP contribution in [-0.2, 0) is 0 Å². The molecule has 1 aromatic heterocycles.